The zero-order chi connectivity index (χ0) is 27.5. The molecule has 1 heterocycles. The summed E-state index contributed by atoms with van der Waals surface area (Å²) in [6.07, 6.45) is 1.40. The summed E-state index contributed by atoms with van der Waals surface area (Å²) in [6, 6.07) is 24.9. The van der Waals surface area contributed by atoms with Crippen LogP contribution in [-0.4, -0.2) is 23.1 Å². The number of H-pyrrole nitrogens is 1. The molecular formula is C29H17Br2Cl2N3O3. The molecule has 0 aliphatic heterocycles. The maximum Gasteiger partial charge on any atom is 0.345 e. The highest BCUT2D eigenvalue weighted by molar-refractivity contribution is 9.11. The molecule has 0 aliphatic carbocycles. The average molecular weight is 686 g/mol. The van der Waals surface area contributed by atoms with Crippen molar-refractivity contribution in [2.75, 3.05) is 0 Å². The Morgan fingerprint density at radius 1 is 0.923 bits per heavy atom. The Kier molecular flexibility index (Phi) is 8.18. The molecule has 4 aromatic carbocycles. The minimum atomic E-state index is -0.658. The van der Waals surface area contributed by atoms with Crippen molar-refractivity contribution in [3.8, 4) is 16.9 Å². The van der Waals surface area contributed by atoms with Crippen molar-refractivity contribution in [2.24, 2.45) is 5.10 Å². The van der Waals surface area contributed by atoms with E-state index in [1.165, 1.54) is 18.3 Å². The monoisotopic (exact) mass is 683 g/mol. The fourth-order valence-corrected chi connectivity index (χ4v) is 5.33. The number of aromatic nitrogens is 1. The summed E-state index contributed by atoms with van der Waals surface area (Å²) in [5.41, 5.74) is 6.00. The number of hydrazone groups is 1. The van der Waals surface area contributed by atoms with Gasteiger partial charge in [-0.3, -0.25) is 4.79 Å². The van der Waals surface area contributed by atoms with Crippen molar-refractivity contribution in [1.29, 1.82) is 0 Å². The van der Waals surface area contributed by atoms with E-state index in [0.717, 1.165) is 31.0 Å². The number of ether oxygens (including phenoxy) is 1. The number of carbonyl (C=O) groups excluding carboxylic acids is 2. The van der Waals surface area contributed by atoms with E-state index in [1.807, 2.05) is 48.5 Å². The van der Waals surface area contributed by atoms with E-state index < -0.39 is 11.9 Å². The van der Waals surface area contributed by atoms with Crippen LogP contribution in [0.5, 0.6) is 5.75 Å². The van der Waals surface area contributed by atoms with Crippen LogP contribution in [0.1, 0.15) is 26.4 Å². The van der Waals surface area contributed by atoms with Crippen LogP contribution < -0.4 is 10.2 Å². The van der Waals surface area contributed by atoms with E-state index in [1.54, 1.807) is 24.3 Å². The lowest BCUT2D eigenvalue weighted by Crippen LogP contribution is -2.19. The lowest BCUT2D eigenvalue weighted by atomic mass is 10.0. The maximum atomic E-state index is 13.3. The van der Waals surface area contributed by atoms with Gasteiger partial charge >= 0.3 is 5.97 Å². The zero-order valence-corrected chi connectivity index (χ0v) is 24.5. The predicted octanol–water partition coefficient (Wildman–Crippen LogP) is 8.65. The molecule has 5 rings (SSSR count). The molecule has 0 saturated carbocycles. The van der Waals surface area contributed by atoms with Crippen molar-refractivity contribution in [1.82, 2.24) is 10.4 Å². The third kappa shape index (κ3) is 5.94. The van der Waals surface area contributed by atoms with E-state index in [4.69, 9.17) is 27.9 Å². The van der Waals surface area contributed by atoms with Gasteiger partial charge in [0.2, 0.25) is 0 Å². The number of hydrogen-bond donors (Lipinski definition) is 2. The topological polar surface area (TPSA) is 83.5 Å². The number of nitrogens with one attached hydrogen (secondary N) is 2. The second-order valence-electron chi connectivity index (χ2n) is 8.30. The molecule has 2 N–H and O–H groups in total. The Balaban J connectivity index is 1.42. The number of amides is 1. The number of aromatic amines is 1. The van der Waals surface area contributed by atoms with Crippen molar-refractivity contribution in [3.63, 3.8) is 0 Å². The molecule has 0 unspecified atom stereocenters. The fourth-order valence-electron chi connectivity index (χ4n) is 4.00. The summed E-state index contributed by atoms with van der Waals surface area (Å²) in [7, 11) is 0. The molecule has 1 aromatic heterocycles. The molecule has 0 bridgehead atoms. The van der Waals surface area contributed by atoms with Crippen molar-refractivity contribution >= 4 is 84.1 Å². The first-order chi connectivity index (χ1) is 18.8. The molecular weight excluding hydrogens is 669 g/mol. The number of esters is 1. The van der Waals surface area contributed by atoms with Crippen LogP contribution in [0.4, 0.5) is 0 Å². The Morgan fingerprint density at radius 2 is 1.72 bits per heavy atom. The largest absolute Gasteiger partial charge is 0.422 e. The molecule has 0 radical (unpaired) electrons. The van der Waals surface area contributed by atoms with E-state index in [0.29, 0.717) is 16.3 Å². The molecule has 6 nitrogen and oxygen atoms in total. The predicted molar refractivity (Wildman–Crippen MR) is 162 cm³/mol. The van der Waals surface area contributed by atoms with Gasteiger partial charge in [0.25, 0.3) is 5.91 Å². The SMILES string of the molecule is O=C(Oc1ccc(Br)cc1C=NNC(=O)c1[nH]c2c(Br)cccc2c1-c1ccccc1)c1ccc(Cl)cc1Cl. The highest BCUT2D eigenvalue weighted by Crippen LogP contribution is 2.35. The maximum absolute atomic E-state index is 13.3. The van der Waals surface area contributed by atoms with Crippen molar-refractivity contribution < 1.29 is 14.3 Å². The number of benzene rings is 4. The third-order valence-electron chi connectivity index (χ3n) is 5.77. The second kappa shape index (κ2) is 11.8. The van der Waals surface area contributed by atoms with E-state index >= 15 is 0 Å². The Bertz CT molecular complexity index is 1750. The Morgan fingerprint density at radius 3 is 2.49 bits per heavy atom. The number of carbonyl (C=O) groups is 2. The summed E-state index contributed by atoms with van der Waals surface area (Å²) < 4.78 is 7.14. The molecule has 194 valence electrons. The molecule has 1 amide bonds. The molecule has 0 aliphatic rings. The smallest absolute Gasteiger partial charge is 0.345 e. The molecule has 0 atom stereocenters. The minimum Gasteiger partial charge on any atom is -0.422 e. The first kappa shape index (κ1) is 27.1. The quantitative estimate of drug-likeness (QED) is 0.0812. The van der Waals surface area contributed by atoms with Gasteiger partial charge in [0.1, 0.15) is 11.4 Å². The molecule has 0 saturated heterocycles. The van der Waals surface area contributed by atoms with Crippen molar-refractivity contribution in [3.05, 3.63) is 121 Å². The Labute approximate surface area is 250 Å². The minimum absolute atomic E-state index is 0.165. The van der Waals surface area contributed by atoms with Gasteiger partial charge in [0.15, 0.2) is 0 Å². The average Bonchev–Trinajstić information content (AvgIpc) is 3.31. The van der Waals surface area contributed by atoms with Gasteiger partial charge in [-0.1, -0.05) is 81.6 Å². The van der Waals surface area contributed by atoms with Crippen LogP contribution in [-0.2, 0) is 0 Å². The second-order valence-corrected chi connectivity index (χ2v) is 10.9. The highest BCUT2D eigenvalue weighted by atomic mass is 79.9. The summed E-state index contributed by atoms with van der Waals surface area (Å²) >= 11 is 19.1. The van der Waals surface area contributed by atoms with Gasteiger partial charge in [-0.25, -0.2) is 10.2 Å². The van der Waals surface area contributed by atoms with Gasteiger partial charge in [-0.05, 0) is 64.0 Å². The number of rotatable bonds is 6. The molecule has 0 fully saturated rings. The number of hydrogen-bond acceptors (Lipinski definition) is 4. The molecule has 39 heavy (non-hydrogen) atoms. The molecule has 0 spiro atoms. The van der Waals surface area contributed by atoms with Gasteiger partial charge in [-0.15, -0.1) is 0 Å². The standard InChI is InChI=1S/C29H17Br2Cl2N3O3/c30-18-9-12-24(39-29(38)20-11-10-19(32)14-23(20)33)17(13-18)15-34-36-28(37)27-25(16-5-2-1-3-6-16)21-7-4-8-22(31)26(21)35-27/h1-15,35H,(H,36,37). The van der Waals surface area contributed by atoms with Crippen LogP contribution in [0, 0.1) is 0 Å². The third-order valence-corrected chi connectivity index (χ3v) is 7.47. The summed E-state index contributed by atoms with van der Waals surface area (Å²) in [6.45, 7) is 0. The van der Waals surface area contributed by atoms with Crippen LogP contribution in [0.3, 0.4) is 0 Å². The van der Waals surface area contributed by atoms with Crippen LogP contribution in [0.25, 0.3) is 22.0 Å². The number of para-hydroxylation sites is 1. The van der Waals surface area contributed by atoms with Crippen molar-refractivity contribution in [2.45, 2.75) is 0 Å². The highest BCUT2D eigenvalue weighted by Gasteiger charge is 2.20. The zero-order valence-electron chi connectivity index (χ0n) is 19.8. The number of nitrogens with zero attached hydrogens (tertiary/aromatic N) is 1. The lowest BCUT2D eigenvalue weighted by Gasteiger charge is -2.09. The lowest BCUT2D eigenvalue weighted by molar-refractivity contribution is 0.0734. The number of fused-ring (bicyclic) bond motifs is 1. The normalized spacial score (nSPS) is 11.2. The summed E-state index contributed by atoms with van der Waals surface area (Å²) in [5, 5.41) is 5.62. The van der Waals surface area contributed by atoms with Gasteiger partial charge < -0.3 is 9.72 Å². The molecule has 5 aromatic rings. The summed E-state index contributed by atoms with van der Waals surface area (Å²) in [4.78, 5) is 29.3. The van der Waals surface area contributed by atoms with E-state index in [-0.39, 0.29) is 16.3 Å². The first-order valence-corrected chi connectivity index (χ1v) is 13.8. The fraction of sp³-hybridized carbons (Fsp3) is 0. The van der Waals surface area contributed by atoms with Gasteiger partial charge in [-0.2, -0.15) is 5.10 Å². The van der Waals surface area contributed by atoms with Crippen LogP contribution in [0.15, 0.2) is 99.0 Å². The number of halogens is 4. The Hall–Kier alpha value is -3.43. The van der Waals surface area contributed by atoms with E-state index in [9.17, 15) is 9.59 Å². The molecule has 10 heteroatoms. The van der Waals surface area contributed by atoms with Gasteiger partial charge in [0, 0.05) is 30.5 Å². The van der Waals surface area contributed by atoms with Crippen LogP contribution in [0.2, 0.25) is 10.0 Å². The van der Waals surface area contributed by atoms with Gasteiger partial charge in [0.05, 0.1) is 22.3 Å². The first-order valence-electron chi connectivity index (χ1n) is 11.5. The van der Waals surface area contributed by atoms with E-state index in [2.05, 4.69) is 47.4 Å². The summed E-state index contributed by atoms with van der Waals surface area (Å²) in [5.74, 6) is -0.866. The van der Waals surface area contributed by atoms with Crippen LogP contribution >= 0.6 is 55.1 Å².